The summed E-state index contributed by atoms with van der Waals surface area (Å²) in [4.78, 5) is 26.1. The molecule has 0 amide bonds. The SMILES string of the molecule is CCOC(=O)C[N+]1=Cc2cccn2[C@H](C(=O)c2ccc(Br)cc2)[C@H]1c1ccccc1. The third-order valence-electron chi connectivity index (χ3n) is 5.22. The van der Waals surface area contributed by atoms with E-state index in [1.54, 1.807) is 6.92 Å². The number of carbonyl (C=O) groups is 2. The Morgan fingerprint density at radius 2 is 1.77 bits per heavy atom. The van der Waals surface area contributed by atoms with Gasteiger partial charge in [-0.2, -0.15) is 0 Å². The molecule has 3 aromatic rings. The van der Waals surface area contributed by atoms with Gasteiger partial charge in [-0.1, -0.05) is 58.4 Å². The molecule has 0 bridgehead atoms. The summed E-state index contributed by atoms with van der Waals surface area (Å²) in [6.07, 6.45) is 3.85. The first-order valence-corrected chi connectivity index (χ1v) is 10.7. The Morgan fingerprint density at radius 3 is 2.47 bits per heavy atom. The number of carbonyl (C=O) groups excluding carboxylic acids is 2. The largest absolute Gasteiger partial charge is 0.461 e. The lowest BCUT2D eigenvalue weighted by Crippen LogP contribution is -2.40. The Balaban J connectivity index is 1.83. The van der Waals surface area contributed by atoms with Crippen molar-refractivity contribution in [3.05, 3.63) is 94.2 Å². The number of ether oxygens (including phenoxy) is 1. The summed E-state index contributed by atoms with van der Waals surface area (Å²) >= 11 is 3.43. The minimum Gasteiger partial charge on any atom is -0.461 e. The highest BCUT2D eigenvalue weighted by Crippen LogP contribution is 2.36. The fourth-order valence-electron chi connectivity index (χ4n) is 3.93. The van der Waals surface area contributed by atoms with E-state index in [0.717, 1.165) is 15.7 Å². The van der Waals surface area contributed by atoms with Crippen LogP contribution in [0.1, 0.15) is 40.6 Å². The molecule has 6 heteroatoms. The van der Waals surface area contributed by atoms with E-state index in [1.165, 1.54) is 0 Å². The number of hydrogen-bond acceptors (Lipinski definition) is 3. The predicted octanol–water partition coefficient (Wildman–Crippen LogP) is 4.42. The monoisotopic (exact) mass is 465 g/mol. The third-order valence-corrected chi connectivity index (χ3v) is 5.75. The number of esters is 1. The van der Waals surface area contributed by atoms with Crippen LogP contribution in [0.3, 0.4) is 0 Å². The maximum absolute atomic E-state index is 13.7. The Labute approximate surface area is 183 Å². The van der Waals surface area contributed by atoms with Crippen molar-refractivity contribution in [2.75, 3.05) is 13.2 Å². The zero-order valence-electron chi connectivity index (χ0n) is 16.6. The average Bonchev–Trinajstić information content (AvgIpc) is 3.22. The van der Waals surface area contributed by atoms with Gasteiger partial charge in [0.2, 0.25) is 12.6 Å². The molecule has 0 spiro atoms. The van der Waals surface area contributed by atoms with E-state index in [9.17, 15) is 9.59 Å². The molecule has 0 saturated heterocycles. The third kappa shape index (κ3) is 4.00. The van der Waals surface area contributed by atoms with Crippen LogP contribution in [-0.4, -0.2) is 40.3 Å². The highest BCUT2D eigenvalue weighted by Gasteiger charge is 2.43. The van der Waals surface area contributed by atoms with Crippen LogP contribution < -0.4 is 0 Å². The molecular weight excluding hydrogens is 444 g/mol. The molecule has 0 N–H and O–H groups in total. The van der Waals surface area contributed by atoms with E-state index in [1.807, 2.05) is 88.3 Å². The molecule has 2 heterocycles. The second-order valence-electron chi connectivity index (χ2n) is 7.12. The van der Waals surface area contributed by atoms with Crippen molar-refractivity contribution in [3.8, 4) is 0 Å². The van der Waals surface area contributed by atoms with E-state index in [-0.39, 0.29) is 24.3 Å². The normalized spacial score (nSPS) is 17.7. The molecule has 4 rings (SSSR count). The van der Waals surface area contributed by atoms with E-state index in [2.05, 4.69) is 15.9 Å². The van der Waals surface area contributed by atoms with Crippen LogP contribution in [0.2, 0.25) is 0 Å². The van der Waals surface area contributed by atoms with Gasteiger partial charge < -0.3 is 9.30 Å². The lowest BCUT2D eigenvalue weighted by atomic mass is 9.90. The molecule has 2 aromatic carbocycles. The number of hydrogen-bond donors (Lipinski definition) is 0. The summed E-state index contributed by atoms with van der Waals surface area (Å²) in [5.74, 6) is -0.319. The van der Waals surface area contributed by atoms with Crippen LogP contribution in [0.4, 0.5) is 0 Å². The van der Waals surface area contributed by atoms with Gasteiger partial charge in [-0.15, -0.1) is 0 Å². The van der Waals surface area contributed by atoms with Crippen LogP contribution >= 0.6 is 15.9 Å². The Hall–Kier alpha value is -2.99. The first-order valence-electron chi connectivity index (χ1n) is 9.86. The summed E-state index contributed by atoms with van der Waals surface area (Å²) in [5.41, 5.74) is 2.47. The fraction of sp³-hybridized carbons (Fsp3) is 0.208. The van der Waals surface area contributed by atoms with Gasteiger partial charge in [-0.05, 0) is 31.2 Å². The Kier molecular flexibility index (Phi) is 5.95. The van der Waals surface area contributed by atoms with Gasteiger partial charge in [-0.3, -0.25) is 4.79 Å². The van der Waals surface area contributed by atoms with Crippen LogP contribution in [-0.2, 0) is 9.53 Å². The Morgan fingerprint density at radius 1 is 1.03 bits per heavy atom. The van der Waals surface area contributed by atoms with Gasteiger partial charge in [0.25, 0.3) is 0 Å². The van der Waals surface area contributed by atoms with Gasteiger partial charge in [-0.25, -0.2) is 9.37 Å². The highest BCUT2D eigenvalue weighted by molar-refractivity contribution is 9.10. The second kappa shape index (κ2) is 8.79. The van der Waals surface area contributed by atoms with Crippen molar-refractivity contribution >= 4 is 33.9 Å². The molecule has 30 heavy (non-hydrogen) atoms. The number of nitrogens with zero attached hydrogens (tertiary/aromatic N) is 2. The van der Waals surface area contributed by atoms with Gasteiger partial charge in [0, 0.05) is 21.8 Å². The number of halogens is 1. The van der Waals surface area contributed by atoms with Gasteiger partial charge >= 0.3 is 5.97 Å². The van der Waals surface area contributed by atoms with Crippen molar-refractivity contribution < 1.29 is 18.9 Å². The van der Waals surface area contributed by atoms with Gasteiger partial charge in [0.1, 0.15) is 5.69 Å². The maximum atomic E-state index is 13.7. The summed E-state index contributed by atoms with van der Waals surface area (Å²) in [6, 6.07) is 20.2. The molecular formula is C24H22BrN2O3+. The number of ketones is 1. The standard InChI is InChI=1S/C24H22BrN2O3/c1-2-30-21(28)16-26-15-20-9-6-14-27(20)23(22(26)17-7-4-3-5-8-17)24(29)18-10-12-19(25)13-11-18/h3-15,22-23H,2,16H2,1H3/q+1/t22-,23+/m1/s1. The maximum Gasteiger partial charge on any atom is 0.372 e. The first kappa shape index (κ1) is 20.3. The molecule has 5 nitrogen and oxygen atoms in total. The molecule has 2 atom stereocenters. The van der Waals surface area contributed by atoms with E-state index < -0.39 is 6.04 Å². The number of rotatable bonds is 6. The van der Waals surface area contributed by atoms with Crippen LogP contribution in [0, 0.1) is 0 Å². The zero-order valence-corrected chi connectivity index (χ0v) is 18.2. The molecule has 0 radical (unpaired) electrons. The van der Waals surface area contributed by atoms with Gasteiger partial charge in [0.15, 0.2) is 18.0 Å². The van der Waals surface area contributed by atoms with Gasteiger partial charge in [0.05, 0.1) is 6.61 Å². The number of benzene rings is 2. The lowest BCUT2D eigenvalue weighted by Gasteiger charge is -2.30. The average molecular weight is 466 g/mol. The van der Waals surface area contributed by atoms with E-state index >= 15 is 0 Å². The number of Topliss-reactive ketones (excluding diaryl/α,β-unsaturated/α-hetero) is 1. The van der Waals surface area contributed by atoms with Crippen LogP contribution in [0.15, 0.2) is 77.4 Å². The minimum absolute atomic E-state index is 0.00392. The summed E-state index contributed by atoms with van der Waals surface area (Å²) in [7, 11) is 0. The first-order chi connectivity index (χ1) is 14.6. The molecule has 0 aliphatic carbocycles. The quantitative estimate of drug-likeness (QED) is 0.307. The summed E-state index contributed by atoms with van der Waals surface area (Å²) in [5, 5.41) is 0. The summed E-state index contributed by atoms with van der Waals surface area (Å²) in [6.45, 7) is 2.18. The second-order valence-corrected chi connectivity index (χ2v) is 8.03. The number of aromatic nitrogens is 1. The molecule has 0 fully saturated rings. The molecule has 1 aliphatic rings. The van der Waals surface area contributed by atoms with E-state index in [4.69, 9.17) is 4.74 Å². The topological polar surface area (TPSA) is 51.3 Å². The van der Waals surface area contributed by atoms with Crippen LogP contribution in [0.5, 0.6) is 0 Å². The molecule has 1 aromatic heterocycles. The lowest BCUT2D eigenvalue weighted by molar-refractivity contribution is -0.566. The van der Waals surface area contributed by atoms with E-state index in [0.29, 0.717) is 12.2 Å². The van der Waals surface area contributed by atoms with Crippen molar-refractivity contribution in [2.24, 2.45) is 0 Å². The van der Waals surface area contributed by atoms with Crippen molar-refractivity contribution in [2.45, 2.75) is 19.0 Å². The molecule has 1 aliphatic heterocycles. The molecule has 0 unspecified atom stereocenters. The van der Waals surface area contributed by atoms with Crippen molar-refractivity contribution in [3.63, 3.8) is 0 Å². The molecule has 0 saturated carbocycles. The molecule has 152 valence electrons. The zero-order chi connectivity index (χ0) is 21.1. The Bertz CT molecular complexity index is 1090. The number of fused-ring (bicyclic) bond motifs is 1. The predicted molar refractivity (Wildman–Crippen MR) is 118 cm³/mol. The van der Waals surface area contributed by atoms with Crippen LogP contribution in [0.25, 0.3) is 0 Å². The minimum atomic E-state index is -0.516. The summed E-state index contributed by atoms with van der Waals surface area (Å²) < 4.78 is 10.0. The smallest absolute Gasteiger partial charge is 0.372 e. The van der Waals surface area contributed by atoms with Crippen molar-refractivity contribution in [1.29, 1.82) is 0 Å². The fourth-order valence-corrected chi connectivity index (χ4v) is 4.20. The van der Waals surface area contributed by atoms with Crippen molar-refractivity contribution in [1.82, 2.24) is 4.57 Å². The highest BCUT2D eigenvalue weighted by atomic mass is 79.9.